The molecule has 0 saturated carbocycles. The van der Waals surface area contributed by atoms with Crippen molar-refractivity contribution in [2.45, 2.75) is 18.9 Å². The molecule has 1 unspecified atom stereocenters. The zero-order valence-corrected chi connectivity index (χ0v) is 12.7. The van der Waals surface area contributed by atoms with E-state index in [1.165, 1.54) is 0 Å². The Morgan fingerprint density at radius 3 is 3.10 bits per heavy atom. The molecule has 2 N–H and O–H groups in total. The molecule has 0 spiro atoms. The van der Waals surface area contributed by atoms with Gasteiger partial charge in [0.25, 0.3) is 0 Å². The van der Waals surface area contributed by atoms with E-state index in [-0.39, 0.29) is 6.04 Å². The predicted octanol–water partition coefficient (Wildman–Crippen LogP) is 4.75. The quantitative estimate of drug-likeness (QED) is 0.717. The van der Waals surface area contributed by atoms with Gasteiger partial charge in [0.1, 0.15) is 11.3 Å². The van der Waals surface area contributed by atoms with E-state index in [0.717, 1.165) is 39.9 Å². The van der Waals surface area contributed by atoms with Gasteiger partial charge in [-0.2, -0.15) is 0 Å². The van der Waals surface area contributed by atoms with E-state index in [1.807, 2.05) is 23.7 Å². The van der Waals surface area contributed by atoms with Crippen LogP contribution in [-0.4, -0.2) is 10.1 Å². The lowest BCUT2D eigenvalue weighted by Crippen LogP contribution is -2.08. The predicted molar refractivity (Wildman–Crippen MR) is 87.4 cm³/mol. The van der Waals surface area contributed by atoms with Crippen molar-refractivity contribution >= 4 is 38.8 Å². The molecule has 1 aliphatic carbocycles. The summed E-state index contributed by atoms with van der Waals surface area (Å²) >= 11 is 7.96. The third-order valence-electron chi connectivity index (χ3n) is 4.02. The summed E-state index contributed by atoms with van der Waals surface area (Å²) in [5.41, 5.74) is 5.83. The standard InChI is InChI=1S/C16H13ClN2OS/c17-11-5-7-14-16(18-8-21-14)15(11)19-12-6-4-10-9(12)2-1-3-13(10)20/h1-3,5,7-8,12,19-20H,4,6H2. The van der Waals surface area contributed by atoms with Gasteiger partial charge in [0.15, 0.2) is 0 Å². The SMILES string of the molecule is Oc1cccc2c1CCC2Nc1c(Cl)ccc2scnc12. The normalized spacial score (nSPS) is 17.1. The fourth-order valence-electron chi connectivity index (χ4n) is 3.00. The van der Waals surface area contributed by atoms with Crippen molar-refractivity contribution in [2.75, 3.05) is 5.32 Å². The van der Waals surface area contributed by atoms with Crippen molar-refractivity contribution < 1.29 is 5.11 Å². The van der Waals surface area contributed by atoms with E-state index in [0.29, 0.717) is 10.8 Å². The van der Waals surface area contributed by atoms with E-state index >= 15 is 0 Å². The molecule has 0 bridgehead atoms. The molecule has 0 fully saturated rings. The first-order chi connectivity index (χ1) is 10.2. The summed E-state index contributed by atoms with van der Waals surface area (Å²) in [6.45, 7) is 0. The summed E-state index contributed by atoms with van der Waals surface area (Å²) in [6, 6.07) is 9.76. The highest BCUT2D eigenvalue weighted by Gasteiger charge is 2.25. The minimum absolute atomic E-state index is 0.164. The van der Waals surface area contributed by atoms with Crippen LogP contribution in [0.4, 0.5) is 5.69 Å². The first-order valence-corrected chi connectivity index (χ1v) is 8.09. The molecule has 3 nitrogen and oxygen atoms in total. The number of rotatable bonds is 2. The third kappa shape index (κ3) is 2.06. The zero-order chi connectivity index (χ0) is 14.4. The van der Waals surface area contributed by atoms with Crippen molar-refractivity contribution in [3.63, 3.8) is 0 Å². The van der Waals surface area contributed by atoms with Gasteiger partial charge in [-0.25, -0.2) is 4.98 Å². The number of anilines is 1. The average molecular weight is 317 g/mol. The number of phenolic OH excluding ortho intramolecular Hbond substituents is 1. The van der Waals surface area contributed by atoms with E-state index < -0.39 is 0 Å². The molecule has 1 heterocycles. The number of hydrogen-bond acceptors (Lipinski definition) is 4. The second-order valence-corrected chi connectivity index (χ2v) is 6.50. The van der Waals surface area contributed by atoms with Gasteiger partial charge in [0.2, 0.25) is 0 Å². The van der Waals surface area contributed by atoms with Crippen molar-refractivity contribution in [3.8, 4) is 5.75 Å². The Bertz CT molecular complexity index is 830. The number of nitrogens with zero attached hydrogens (tertiary/aromatic N) is 1. The monoisotopic (exact) mass is 316 g/mol. The number of thiazole rings is 1. The maximum Gasteiger partial charge on any atom is 0.119 e. The molecule has 1 aliphatic rings. The number of hydrogen-bond donors (Lipinski definition) is 2. The van der Waals surface area contributed by atoms with Crippen LogP contribution in [0.25, 0.3) is 10.2 Å². The van der Waals surface area contributed by atoms with Crippen molar-refractivity contribution in [1.82, 2.24) is 4.98 Å². The Hall–Kier alpha value is -1.78. The lowest BCUT2D eigenvalue weighted by molar-refractivity contribution is 0.469. The Morgan fingerprint density at radius 2 is 2.19 bits per heavy atom. The van der Waals surface area contributed by atoms with Gasteiger partial charge in [-0.1, -0.05) is 23.7 Å². The van der Waals surface area contributed by atoms with Crippen molar-refractivity contribution in [1.29, 1.82) is 0 Å². The van der Waals surface area contributed by atoms with Crippen molar-refractivity contribution in [2.24, 2.45) is 0 Å². The largest absolute Gasteiger partial charge is 0.508 e. The summed E-state index contributed by atoms with van der Waals surface area (Å²) in [6.07, 6.45) is 1.83. The second-order valence-electron chi connectivity index (χ2n) is 5.20. The van der Waals surface area contributed by atoms with Crippen LogP contribution in [0.1, 0.15) is 23.6 Å². The van der Waals surface area contributed by atoms with E-state index in [4.69, 9.17) is 11.6 Å². The molecule has 0 saturated heterocycles. The number of phenols is 1. The van der Waals surface area contributed by atoms with Gasteiger partial charge in [-0.3, -0.25) is 0 Å². The molecule has 21 heavy (non-hydrogen) atoms. The number of fused-ring (bicyclic) bond motifs is 2. The van der Waals surface area contributed by atoms with E-state index in [9.17, 15) is 5.11 Å². The van der Waals surface area contributed by atoms with Gasteiger partial charge >= 0.3 is 0 Å². The number of aromatic hydroxyl groups is 1. The smallest absolute Gasteiger partial charge is 0.119 e. The average Bonchev–Trinajstić information content (AvgIpc) is 3.09. The summed E-state index contributed by atoms with van der Waals surface area (Å²) in [7, 11) is 0. The molecule has 3 aromatic rings. The summed E-state index contributed by atoms with van der Waals surface area (Å²) in [5.74, 6) is 0.384. The Morgan fingerprint density at radius 1 is 1.29 bits per heavy atom. The second kappa shape index (κ2) is 4.90. The molecule has 0 amide bonds. The number of aromatic nitrogens is 1. The van der Waals surface area contributed by atoms with E-state index in [2.05, 4.69) is 16.4 Å². The van der Waals surface area contributed by atoms with Gasteiger partial charge in [-0.15, -0.1) is 11.3 Å². The number of halogens is 1. The number of benzene rings is 2. The lowest BCUT2D eigenvalue weighted by atomic mass is 10.1. The van der Waals surface area contributed by atoms with Gasteiger partial charge in [0.05, 0.1) is 27.0 Å². The molecule has 5 heteroatoms. The molecule has 0 aliphatic heterocycles. The minimum atomic E-state index is 0.164. The van der Waals surface area contributed by atoms with E-state index in [1.54, 1.807) is 17.4 Å². The highest BCUT2D eigenvalue weighted by Crippen LogP contribution is 2.41. The fraction of sp³-hybridized carbons (Fsp3) is 0.188. The van der Waals surface area contributed by atoms with Gasteiger partial charge in [-0.05, 0) is 42.2 Å². The molecular weight excluding hydrogens is 304 g/mol. The van der Waals surface area contributed by atoms with Crippen LogP contribution in [0.5, 0.6) is 5.75 Å². The lowest BCUT2D eigenvalue weighted by Gasteiger charge is -2.17. The van der Waals surface area contributed by atoms with Crippen molar-refractivity contribution in [3.05, 3.63) is 52.0 Å². The molecule has 106 valence electrons. The summed E-state index contributed by atoms with van der Waals surface area (Å²) in [4.78, 5) is 4.42. The minimum Gasteiger partial charge on any atom is -0.508 e. The fourth-order valence-corrected chi connectivity index (χ4v) is 3.89. The Balaban J connectivity index is 1.76. The zero-order valence-electron chi connectivity index (χ0n) is 11.1. The summed E-state index contributed by atoms with van der Waals surface area (Å²) < 4.78 is 1.12. The van der Waals surface area contributed by atoms with Crippen LogP contribution < -0.4 is 5.32 Å². The topological polar surface area (TPSA) is 45.1 Å². The third-order valence-corrected chi connectivity index (χ3v) is 5.13. The van der Waals surface area contributed by atoms with Gasteiger partial charge in [0, 0.05) is 0 Å². The van der Waals surface area contributed by atoms with Crippen LogP contribution in [-0.2, 0) is 6.42 Å². The molecule has 0 radical (unpaired) electrons. The van der Waals surface area contributed by atoms with Crippen LogP contribution in [0.15, 0.2) is 35.8 Å². The highest BCUT2D eigenvalue weighted by molar-refractivity contribution is 7.16. The van der Waals surface area contributed by atoms with Gasteiger partial charge < -0.3 is 10.4 Å². The molecule has 2 aromatic carbocycles. The maximum atomic E-state index is 9.94. The molecule has 4 rings (SSSR count). The highest BCUT2D eigenvalue weighted by atomic mass is 35.5. The first-order valence-electron chi connectivity index (χ1n) is 6.83. The Labute approximate surface area is 131 Å². The van der Waals surface area contributed by atoms with Crippen LogP contribution in [0.2, 0.25) is 5.02 Å². The van der Waals surface area contributed by atoms with Crippen LogP contribution >= 0.6 is 22.9 Å². The van der Waals surface area contributed by atoms with Crippen LogP contribution in [0.3, 0.4) is 0 Å². The Kier molecular flexibility index (Phi) is 3.01. The number of nitrogens with one attached hydrogen (secondary N) is 1. The first kappa shape index (κ1) is 12.9. The van der Waals surface area contributed by atoms with Crippen LogP contribution in [0, 0.1) is 0 Å². The summed E-state index contributed by atoms with van der Waals surface area (Å²) in [5, 5.41) is 14.1. The molecular formula is C16H13ClN2OS. The molecule has 1 atom stereocenters. The maximum absolute atomic E-state index is 9.94. The molecule has 1 aromatic heterocycles.